The fourth-order valence-corrected chi connectivity index (χ4v) is 7.07. The lowest BCUT2D eigenvalue weighted by molar-refractivity contribution is 0.580. The van der Waals surface area contributed by atoms with Crippen molar-refractivity contribution in [2.45, 2.75) is 32.3 Å². The Morgan fingerprint density at radius 2 is 1.33 bits per heavy atom. The molecule has 3 aromatic rings. The molecule has 0 bridgehead atoms. The van der Waals surface area contributed by atoms with Crippen LogP contribution in [0.1, 0.15) is 30.9 Å². The van der Waals surface area contributed by atoms with Crippen LogP contribution in [0, 0.1) is 6.92 Å². The third-order valence-electron chi connectivity index (χ3n) is 5.11. The van der Waals surface area contributed by atoms with Gasteiger partial charge in [-0.1, -0.05) is 110 Å². The third-order valence-corrected chi connectivity index (χ3v) is 8.68. The molecule has 0 spiro atoms. The summed E-state index contributed by atoms with van der Waals surface area (Å²) in [5.41, 5.74) is 3.14. The summed E-state index contributed by atoms with van der Waals surface area (Å²) in [5, 5.41) is 1.81. The molecule has 0 N–H and O–H groups in total. The Morgan fingerprint density at radius 3 is 1.78 bits per heavy atom. The van der Waals surface area contributed by atoms with E-state index < -0.39 is 7.14 Å². The summed E-state index contributed by atoms with van der Waals surface area (Å²) in [6, 6.07) is 28.2. The van der Waals surface area contributed by atoms with Gasteiger partial charge in [-0.05, 0) is 24.5 Å². The van der Waals surface area contributed by atoms with Crippen molar-refractivity contribution in [2.75, 3.05) is 0 Å². The van der Waals surface area contributed by atoms with E-state index in [-0.39, 0.29) is 5.66 Å². The number of hydrogen-bond donors (Lipinski definition) is 0. The number of benzene rings is 3. The number of rotatable bonds is 7. The van der Waals surface area contributed by atoms with Crippen LogP contribution in [-0.4, -0.2) is 5.66 Å². The first-order valence-corrected chi connectivity index (χ1v) is 11.3. The molecule has 2 heteroatoms. The van der Waals surface area contributed by atoms with Crippen LogP contribution in [0.15, 0.2) is 91.5 Å². The third kappa shape index (κ3) is 3.99. The number of aryl methyl sites for hydroxylation is 1. The van der Waals surface area contributed by atoms with Crippen LogP contribution in [0.2, 0.25) is 0 Å². The van der Waals surface area contributed by atoms with Crippen LogP contribution in [0.25, 0.3) is 5.57 Å². The van der Waals surface area contributed by atoms with Gasteiger partial charge in [-0.3, -0.25) is 0 Å². The van der Waals surface area contributed by atoms with Crippen molar-refractivity contribution >= 4 is 23.3 Å². The van der Waals surface area contributed by atoms with E-state index in [9.17, 15) is 4.57 Å². The average Bonchev–Trinajstić information content (AvgIpc) is 2.73. The minimum absolute atomic E-state index is 0.116. The predicted octanol–water partition coefficient (Wildman–Crippen LogP) is 6.19. The van der Waals surface area contributed by atoms with E-state index in [0.29, 0.717) is 0 Å². The summed E-state index contributed by atoms with van der Waals surface area (Å²) in [6.45, 7) is 8.65. The molecule has 1 unspecified atom stereocenters. The zero-order valence-electron chi connectivity index (χ0n) is 16.1. The summed E-state index contributed by atoms with van der Waals surface area (Å²) < 4.78 is 14.7. The second-order valence-corrected chi connectivity index (χ2v) is 10.00. The lowest BCUT2D eigenvalue weighted by atomic mass is 10.0. The van der Waals surface area contributed by atoms with E-state index in [4.69, 9.17) is 0 Å². The lowest BCUT2D eigenvalue weighted by Crippen LogP contribution is -2.26. The summed E-state index contributed by atoms with van der Waals surface area (Å²) in [5.74, 6) is 0. The number of hydrogen-bond acceptors (Lipinski definition) is 1. The first-order chi connectivity index (χ1) is 13.1. The maximum atomic E-state index is 14.7. The molecular formula is C25H27OP. The van der Waals surface area contributed by atoms with Gasteiger partial charge >= 0.3 is 0 Å². The average molecular weight is 374 g/mol. The van der Waals surface area contributed by atoms with Crippen molar-refractivity contribution in [1.29, 1.82) is 0 Å². The van der Waals surface area contributed by atoms with Gasteiger partial charge in [0.15, 0.2) is 0 Å². The zero-order valence-corrected chi connectivity index (χ0v) is 17.0. The van der Waals surface area contributed by atoms with E-state index in [1.165, 1.54) is 5.56 Å². The van der Waals surface area contributed by atoms with Gasteiger partial charge in [0.25, 0.3) is 0 Å². The molecule has 0 saturated carbocycles. The van der Waals surface area contributed by atoms with Crippen LogP contribution < -0.4 is 10.6 Å². The Morgan fingerprint density at radius 1 is 0.852 bits per heavy atom. The van der Waals surface area contributed by atoms with Crippen LogP contribution in [0.5, 0.6) is 0 Å². The molecule has 0 radical (unpaired) electrons. The summed E-state index contributed by atoms with van der Waals surface area (Å²) >= 11 is 0. The Hall–Kier alpha value is -2.37. The van der Waals surface area contributed by atoms with Gasteiger partial charge < -0.3 is 4.57 Å². The van der Waals surface area contributed by atoms with Crippen LogP contribution in [0.4, 0.5) is 0 Å². The molecule has 0 aromatic heterocycles. The van der Waals surface area contributed by atoms with E-state index >= 15 is 0 Å². The van der Waals surface area contributed by atoms with Crippen LogP contribution in [-0.2, 0) is 4.57 Å². The Bertz CT molecular complexity index is 884. The van der Waals surface area contributed by atoms with Gasteiger partial charge in [0, 0.05) is 16.3 Å². The molecule has 0 aliphatic heterocycles. The van der Waals surface area contributed by atoms with E-state index in [2.05, 4.69) is 44.7 Å². The van der Waals surface area contributed by atoms with Crippen molar-refractivity contribution in [3.8, 4) is 0 Å². The van der Waals surface area contributed by atoms with Gasteiger partial charge in [0.1, 0.15) is 7.14 Å². The van der Waals surface area contributed by atoms with Gasteiger partial charge in [-0.2, -0.15) is 0 Å². The Kier molecular flexibility index (Phi) is 6.14. The zero-order chi connectivity index (χ0) is 19.3. The second-order valence-electron chi connectivity index (χ2n) is 7.02. The smallest absolute Gasteiger partial charge is 0.150 e. The summed E-state index contributed by atoms with van der Waals surface area (Å²) in [4.78, 5) is 0. The highest BCUT2D eigenvalue weighted by Gasteiger charge is 2.37. The lowest BCUT2D eigenvalue weighted by Gasteiger charge is -2.30. The maximum Gasteiger partial charge on any atom is 0.150 e. The monoisotopic (exact) mass is 374 g/mol. The van der Waals surface area contributed by atoms with Crippen LogP contribution in [0.3, 0.4) is 0 Å². The molecule has 1 atom stereocenters. The van der Waals surface area contributed by atoms with Crippen molar-refractivity contribution in [2.24, 2.45) is 0 Å². The Balaban J connectivity index is 2.17. The molecule has 138 valence electrons. The molecule has 27 heavy (non-hydrogen) atoms. The number of allylic oxidation sites excluding steroid dienone is 1. The topological polar surface area (TPSA) is 17.1 Å². The largest absolute Gasteiger partial charge is 0.313 e. The SMILES string of the molecule is C=C(c1ccc(C)cc1)C(CCC)P(=O)(c1ccccc1)c1ccccc1. The minimum atomic E-state index is -2.88. The van der Waals surface area contributed by atoms with Crippen molar-refractivity contribution < 1.29 is 4.57 Å². The minimum Gasteiger partial charge on any atom is -0.313 e. The summed E-state index contributed by atoms with van der Waals surface area (Å²) in [7, 11) is -2.88. The normalized spacial score (nSPS) is 12.5. The highest BCUT2D eigenvalue weighted by molar-refractivity contribution is 7.79. The van der Waals surface area contributed by atoms with Gasteiger partial charge in [0.05, 0.1) is 0 Å². The molecule has 0 heterocycles. The molecule has 0 fully saturated rings. The first kappa shape index (κ1) is 19.4. The molecular weight excluding hydrogens is 347 g/mol. The standard InChI is InChI=1S/C25H27OP/c1-4-11-25(21(3)22-18-16-20(2)17-19-22)27(26,23-12-7-5-8-13-23)24-14-9-6-10-15-24/h5-10,12-19,25H,3-4,11H2,1-2H3. The first-order valence-electron chi connectivity index (χ1n) is 9.54. The highest BCUT2D eigenvalue weighted by atomic mass is 31.2. The van der Waals surface area contributed by atoms with E-state index in [0.717, 1.165) is 34.6 Å². The van der Waals surface area contributed by atoms with Gasteiger partial charge in [0.2, 0.25) is 0 Å². The van der Waals surface area contributed by atoms with E-state index in [1.54, 1.807) is 0 Å². The predicted molar refractivity (Wildman–Crippen MR) is 119 cm³/mol. The fourth-order valence-electron chi connectivity index (χ4n) is 3.62. The molecule has 1 nitrogen and oxygen atoms in total. The van der Waals surface area contributed by atoms with Crippen molar-refractivity contribution in [1.82, 2.24) is 0 Å². The fraction of sp³-hybridized carbons (Fsp3) is 0.200. The summed E-state index contributed by atoms with van der Waals surface area (Å²) in [6.07, 6.45) is 1.80. The molecule has 0 aliphatic rings. The maximum absolute atomic E-state index is 14.7. The Labute approximate surface area is 163 Å². The van der Waals surface area contributed by atoms with Gasteiger partial charge in [-0.15, -0.1) is 0 Å². The molecule has 0 saturated heterocycles. The van der Waals surface area contributed by atoms with Crippen molar-refractivity contribution in [3.05, 3.63) is 103 Å². The highest BCUT2D eigenvalue weighted by Crippen LogP contribution is 2.54. The van der Waals surface area contributed by atoms with Crippen LogP contribution >= 0.6 is 7.14 Å². The molecule has 3 aromatic carbocycles. The second kappa shape index (κ2) is 8.55. The van der Waals surface area contributed by atoms with E-state index in [1.807, 2.05) is 60.7 Å². The molecule has 3 rings (SSSR count). The van der Waals surface area contributed by atoms with Gasteiger partial charge in [-0.25, -0.2) is 0 Å². The van der Waals surface area contributed by atoms with Crippen molar-refractivity contribution in [3.63, 3.8) is 0 Å². The molecule has 0 amide bonds. The quantitative estimate of drug-likeness (QED) is 0.451. The molecule has 0 aliphatic carbocycles.